The van der Waals surface area contributed by atoms with Crippen LogP contribution in [0.25, 0.3) is 0 Å². The Kier molecular flexibility index (Phi) is 3.91. The Hall–Kier alpha value is -1.07. The minimum Gasteiger partial charge on any atom is -0.481 e. The van der Waals surface area contributed by atoms with Gasteiger partial charge in [-0.15, -0.1) is 0 Å². The van der Waals surface area contributed by atoms with Crippen molar-refractivity contribution in [2.45, 2.75) is 31.5 Å². The Balaban J connectivity index is 2.52. The van der Waals surface area contributed by atoms with Gasteiger partial charge in [-0.05, 0) is 18.9 Å². The maximum atomic E-state index is 10.6. The maximum Gasteiger partial charge on any atom is 0.370 e. The Morgan fingerprint density at radius 3 is 3.00 bits per heavy atom. The summed E-state index contributed by atoms with van der Waals surface area (Å²) >= 11 is 0. The molecule has 0 radical (unpaired) electrons. The number of carboxylic acid groups (broad SMARTS) is 1. The van der Waals surface area contributed by atoms with Gasteiger partial charge in [0.25, 0.3) is 0 Å². The second-order valence-corrected chi connectivity index (χ2v) is 3.19. The van der Waals surface area contributed by atoms with Crippen molar-refractivity contribution >= 4 is 5.97 Å². The van der Waals surface area contributed by atoms with Crippen LogP contribution in [0.1, 0.15) is 19.3 Å². The van der Waals surface area contributed by atoms with Crippen LogP contribution in [0, 0.1) is 0 Å². The molecule has 5 nitrogen and oxygen atoms in total. The van der Waals surface area contributed by atoms with Crippen LogP contribution < -0.4 is 0 Å². The Bertz CT molecular complexity index is 235. The molecule has 0 aromatic rings. The van der Waals surface area contributed by atoms with Crippen molar-refractivity contribution < 1.29 is 24.9 Å². The molecule has 0 fully saturated rings. The number of ether oxygens (including phenoxy) is 1. The highest BCUT2D eigenvalue weighted by Crippen LogP contribution is 2.20. The Morgan fingerprint density at radius 2 is 2.43 bits per heavy atom. The number of aliphatic carboxylic acids is 1. The van der Waals surface area contributed by atoms with Gasteiger partial charge in [0.15, 0.2) is 0 Å². The first-order valence-corrected chi connectivity index (χ1v) is 4.54. The molecule has 0 saturated carbocycles. The summed E-state index contributed by atoms with van der Waals surface area (Å²) < 4.78 is 5.06. The number of rotatable bonds is 4. The molecular weight excluding hydrogens is 188 g/mol. The van der Waals surface area contributed by atoms with Crippen molar-refractivity contribution in [3.05, 3.63) is 11.8 Å². The summed E-state index contributed by atoms with van der Waals surface area (Å²) in [6.07, 6.45) is 1.54. The maximum absolute atomic E-state index is 10.6. The van der Waals surface area contributed by atoms with Crippen LogP contribution in [0.2, 0.25) is 0 Å². The topological polar surface area (TPSA) is 87.0 Å². The third-order valence-corrected chi connectivity index (χ3v) is 2.12. The van der Waals surface area contributed by atoms with Crippen LogP contribution in [0.4, 0.5) is 0 Å². The number of hydrogen-bond acceptors (Lipinski definition) is 4. The first-order chi connectivity index (χ1) is 6.65. The zero-order valence-electron chi connectivity index (χ0n) is 7.72. The lowest BCUT2D eigenvalue weighted by Crippen LogP contribution is -2.32. The van der Waals surface area contributed by atoms with E-state index in [0.29, 0.717) is 12.8 Å². The fraction of sp³-hybridized carbons (Fsp3) is 0.667. The Morgan fingerprint density at radius 1 is 1.71 bits per heavy atom. The van der Waals surface area contributed by atoms with E-state index in [9.17, 15) is 9.90 Å². The molecule has 0 aromatic heterocycles. The quantitative estimate of drug-likeness (QED) is 0.591. The van der Waals surface area contributed by atoms with E-state index in [2.05, 4.69) is 0 Å². The van der Waals surface area contributed by atoms with E-state index in [1.54, 1.807) is 0 Å². The summed E-state index contributed by atoms with van der Waals surface area (Å²) in [6.45, 7) is -0.132. The fourth-order valence-electron chi connectivity index (χ4n) is 1.38. The van der Waals surface area contributed by atoms with Crippen LogP contribution in [-0.2, 0) is 9.53 Å². The second kappa shape index (κ2) is 4.97. The third-order valence-electron chi connectivity index (χ3n) is 2.12. The third kappa shape index (κ3) is 2.71. The van der Waals surface area contributed by atoms with Gasteiger partial charge >= 0.3 is 5.97 Å². The highest BCUT2D eigenvalue weighted by molar-refractivity contribution is 5.84. The van der Waals surface area contributed by atoms with Crippen LogP contribution >= 0.6 is 0 Å². The molecule has 0 aliphatic carbocycles. The molecule has 80 valence electrons. The summed E-state index contributed by atoms with van der Waals surface area (Å²) in [7, 11) is 0. The molecule has 1 rings (SSSR count). The van der Waals surface area contributed by atoms with E-state index in [-0.39, 0.29) is 18.8 Å². The van der Waals surface area contributed by atoms with Crippen LogP contribution in [0.15, 0.2) is 11.8 Å². The van der Waals surface area contributed by atoms with E-state index in [1.807, 2.05) is 0 Å². The SMILES string of the molecule is O=C(O)C1=CCCC(C(O)CCO)O1. The van der Waals surface area contributed by atoms with Gasteiger partial charge in [-0.1, -0.05) is 0 Å². The molecule has 0 amide bonds. The molecule has 0 saturated heterocycles. The summed E-state index contributed by atoms with van der Waals surface area (Å²) in [4.78, 5) is 10.6. The minimum absolute atomic E-state index is 0.113. The highest BCUT2D eigenvalue weighted by Gasteiger charge is 2.26. The van der Waals surface area contributed by atoms with Gasteiger partial charge in [-0.2, -0.15) is 0 Å². The van der Waals surface area contributed by atoms with E-state index < -0.39 is 18.2 Å². The molecular formula is C9H14O5. The first-order valence-electron chi connectivity index (χ1n) is 4.54. The lowest BCUT2D eigenvalue weighted by atomic mass is 10.0. The average molecular weight is 202 g/mol. The predicted molar refractivity (Wildman–Crippen MR) is 47.5 cm³/mol. The van der Waals surface area contributed by atoms with Crippen molar-refractivity contribution in [3.8, 4) is 0 Å². The molecule has 14 heavy (non-hydrogen) atoms. The zero-order valence-corrected chi connectivity index (χ0v) is 7.72. The predicted octanol–water partition coefficient (Wildman–Crippen LogP) is -0.123. The van der Waals surface area contributed by atoms with Gasteiger partial charge in [-0.3, -0.25) is 0 Å². The van der Waals surface area contributed by atoms with Gasteiger partial charge in [-0.25, -0.2) is 4.79 Å². The lowest BCUT2D eigenvalue weighted by molar-refractivity contribution is -0.140. The van der Waals surface area contributed by atoms with Crippen LogP contribution in [-0.4, -0.2) is 40.1 Å². The number of carboxylic acids is 1. The number of aliphatic hydroxyl groups is 2. The van der Waals surface area contributed by atoms with E-state index >= 15 is 0 Å². The van der Waals surface area contributed by atoms with Gasteiger partial charge < -0.3 is 20.1 Å². The molecule has 1 aliphatic rings. The monoisotopic (exact) mass is 202 g/mol. The molecule has 3 N–H and O–H groups in total. The van der Waals surface area contributed by atoms with Crippen molar-refractivity contribution in [3.63, 3.8) is 0 Å². The lowest BCUT2D eigenvalue weighted by Gasteiger charge is -2.26. The Labute approximate surface area is 81.6 Å². The second-order valence-electron chi connectivity index (χ2n) is 3.19. The molecule has 0 aromatic carbocycles. The van der Waals surface area contributed by atoms with Crippen molar-refractivity contribution in [1.82, 2.24) is 0 Å². The fourth-order valence-corrected chi connectivity index (χ4v) is 1.38. The van der Waals surface area contributed by atoms with E-state index in [4.69, 9.17) is 14.9 Å². The van der Waals surface area contributed by atoms with Gasteiger partial charge in [0.2, 0.25) is 5.76 Å². The van der Waals surface area contributed by atoms with E-state index in [1.165, 1.54) is 6.08 Å². The molecule has 2 atom stereocenters. The number of allylic oxidation sites excluding steroid dienone is 1. The molecule has 2 unspecified atom stereocenters. The highest BCUT2D eigenvalue weighted by atomic mass is 16.5. The number of aliphatic hydroxyl groups excluding tert-OH is 2. The minimum atomic E-state index is -1.12. The number of hydrogen-bond donors (Lipinski definition) is 3. The smallest absolute Gasteiger partial charge is 0.370 e. The van der Waals surface area contributed by atoms with Gasteiger partial charge in [0.1, 0.15) is 6.10 Å². The largest absolute Gasteiger partial charge is 0.481 e. The molecule has 0 spiro atoms. The average Bonchev–Trinajstić information content (AvgIpc) is 2.18. The molecule has 0 bridgehead atoms. The van der Waals surface area contributed by atoms with Crippen molar-refractivity contribution in [1.29, 1.82) is 0 Å². The van der Waals surface area contributed by atoms with Crippen molar-refractivity contribution in [2.24, 2.45) is 0 Å². The van der Waals surface area contributed by atoms with E-state index in [0.717, 1.165) is 0 Å². The summed E-state index contributed by atoms with van der Waals surface area (Å²) in [5.41, 5.74) is 0. The standard InChI is InChI=1S/C9H14O5/c10-5-4-6(11)7-2-1-3-8(14-7)9(12)13/h3,6-7,10-11H,1-2,4-5H2,(H,12,13). The summed E-state index contributed by atoms with van der Waals surface area (Å²) in [5, 5.41) is 26.7. The van der Waals surface area contributed by atoms with Crippen LogP contribution in [0.5, 0.6) is 0 Å². The zero-order chi connectivity index (χ0) is 10.6. The number of carbonyl (C=O) groups is 1. The molecule has 5 heteroatoms. The van der Waals surface area contributed by atoms with Gasteiger partial charge in [0.05, 0.1) is 6.10 Å². The van der Waals surface area contributed by atoms with Crippen molar-refractivity contribution in [2.75, 3.05) is 6.61 Å². The summed E-state index contributed by atoms with van der Waals surface area (Å²) in [5.74, 6) is -1.23. The molecule has 1 aliphatic heterocycles. The molecule has 1 heterocycles. The van der Waals surface area contributed by atoms with Crippen LogP contribution in [0.3, 0.4) is 0 Å². The summed E-state index contributed by atoms with van der Waals surface area (Å²) in [6, 6.07) is 0. The normalized spacial score (nSPS) is 23.6. The van der Waals surface area contributed by atoms with Gasteiger partial charge in [0, 0.05) is 13.0 Å². The first kappa shape index (κ1) is 11.0.